The summed E-state index contributed by atoms with van der Waals surface area (Å²) in [5, 5.41) is 3.08. The van der Waals surface area contributed by atoms with Crippen molar-refractivity contribution in [1.29, 1.82) is 0 Å². The van der Waals surface area contributed by atoms with Gasteiger partial charge in [-0.25, -0.2) is 0 Å². The van der Waals surface area contributed by atoms with Crippen molar-refractivity contribution >= 4 is 5.91 Å². The summed E-state index contributed by atoms with van der Waals surface area (Å²) in [7, 11) is 1.88. The zero-order valence-corrected chi connectivity index (χ0v) is 13.4. The van der Waals surface area contributed by atoms with E-state index in [1.807, 2.05) is 31.0 Å². The molecule has 1 amide bonds. The Balaban J connectivity index is 2.12. The minimum Gasteiger partial charge on any atom is -0.370 e. The number of ether oxygens (including phenoxy) is 1. The second-order valence-electron chi connectivity index (χ2n) is 5.98. The van der Waals surface area contributed by atoms with Gasteiger partial charge >= 0.3 is 0 Å². The highest BCUT2D eigenvalue weighted by Crippen LogP contribution is 2.27. The Labute approximate surface area is 127 Å². The van der Waals surface area contributed by atoms with Crippen LogP contribution in [-0.4, -0.2) is 43.6 Å². The molecule has 1 aromatic carbocycles. The molecule has 1 aliphatic heterocycles. The summed E-state index contributed by atoms with van der Waals surface area (Å²) in [4.78, 5) is 14.6. The number of morpholine rings is 1. The van der Waals surface area contributed by atoms with E-state index >= 15 is 0 Å². The molecule has 2 rings (SSSR count). The zero-order valence-electron chi connectivity index (χ0n) is 13.4. The van der Waals surface area contributed by atoms with Gasteiger partial charge in [0.1, 0.15) is 6.10 Å². The van der Waals surface area contributed by atoms with Crippen LogP contribution in [0.4, 0.5) is 0 Å². The minimum absolute atomic E-state index is 0.00642. The molecule has 0 bridgehead atoms. The number of hydrogen-bond donors (Lipinski definition) is 1. The summed E-state index contributed by atoms with van der Waals surface area (Å²) < 4.78 is 5.97. The van der Waals surface area contributed by atoms with Gasteiger partial charge in [-0.3, -0.25) is 4.79 Å². The molecule has 0 aromatic heterocycles. The highest BCUT2D eigenvalue weighted by Gasteiger charge is 2.32. The number of amides is 1. The van der Waals surface area contributed by atoms with Crippen LogP contribution in [0.15, 0.2) is 24.3 Å². The van der Waals surface area contributed by atoms with Crippen LogP contribution in [0.5, 0.6) is 0 Å². The van der Waals surface area contributed by atoms with E-state index in [1.165, 1.54) is 11.1 Å². The lowest BCUT2D eigenvalue weighted by Gasteiger charge is -2.39. The van der Waals surface area contributed by atoms with Gasteiger partial charge in [0.2, 0.25) is 5.91 Å². The topological polar surface area (TPSA) is 41.6 Å². The normalized spacial score (nSPS) is 23.9. The maximum atomic E-state index is 12.6. The summed E-state index contributed by atoms with van der Waals surface area (Å²) in [6.07, 6.45) is -0.0202. The number of nitrogens with one attached hydrogen (secondary N) is 1. The summed E-state index contributed by atoms with van der Waals surface area (Å²) >= 11 is 0. The molecule has 1 heterocycles. The number of rotatable bonds is 4. The first-order valence-corrected chi connectivity index (χ1v) is 7.66. The third-order valence-corrected chi connectivity index (χ3v) is 4.18. The van der Waals surface area contributed by atoms with Crippen LogP contribution in [-0.2, 0) is 9.53 Å². The Morgan fingerprint density at radius 2 is 2.19 bits per heavy atom. The number of benzene rings is 1. The lowest BCUT2D eigenvalue weighted by atomic mass is 10.00. The van der Waals surface area contributed by atoms with Gasteiger partial charge in [0, 0.05) is 12.5 Å². The Hall–Kier alpha value is -1.39. The van der Waals surface area contributed by atoms with Gasteiger partial charge in [-0.2, -0.15) is 0 Å². The molecule has 0 spiro atoms. The number of hydrogen-bond acceptors (Lipinski definition) is 3. The van der Waals surface area contributed by atoms with Crippen LogP contribution in [0.1, 0.15) is 31.1 Å². The van der Waals surface area contributed by atoms with Crippen molar-refractivity contribution in [2.45, 2.75) is 32.9 Å². The first-order chi connectivity index (χ1) is 10.0. The number of nitrogens with zero attached hydrogens (tertiary/aromatic N) is 1. The average Bonchev–Trinajstić information content (AvgIpc) is 2.48. The molecule has 0 aliphatic carbocycles. The Morgan fingerprint density at radius 1 is 1.48 bits per heavy atom. The smallest absolute Gasteiger partial charge is 0.227 e. The molecular formula is C17H26N2O2. The molecule has 0 radical (unpaired) electrons. The quantitative estimate of drug-likeness (QED) is 0.924. The van der Waals surface area contributed by atoms with Gasteiger partial charge in [0.15, 0.2) is 0 Å². The predicted octanol–water partition coefficient (Wildman–Crippen LogP) is 2.14. The van der Waals surface area contributed by atoms with Crippen LogP contribution in [0.2, 0.25) is 0 Å². The average molecular weight is 290 g/mol. The predicted molar refractivity (Wildman–Crippen MR) is 84.1 cm³/mol. The van der Waals surface area contributed by atoms with Crippen LogP contribution in [0.3, 0.4) is 0 Å². The van der Waals surface area contributed by atoms with Gasteiger partial charge < -0.3 is 15.0 Å². The van der Waals surface area contributed by atoms with E-state index in [2.05, 4.69) is 31.3 Å². The first kappa shape index (κ1) is 16.0. The van der Waals surface area contributed by atoms with Crippen LogP contribution in [0.25, 0.3) is 0 Å². The standard InChI is InChI=1S/C17H26N2O2/c1-12-7-5-6-8-15(12)16-10-19(14(3)11-21-16)17(20)13(2)9-18-4/h5-8,13-14,16,18H,9-11H2,1-4H3. The molecule has 4 nitrogen and oxygen atoms in total. The molecule has 3 unspecified atom stereocenters. The maximum absolute atomic E-state index is 12.6. The molecule has 21 heavy (non-hydrogen) atoms. The van der Waals surface area contributed by atoms with Crippen LogP contribution in [0, 0.1) is 12.8 Å². The zero-order chi connectivity index (χ0) is 15.4. The third kappa shape index (κ3) is 3.63. The van der Waals surface area contributed by atoms with Gasteiger partial charge in [-0.15, -0.1) is 0 Å². The Bertz CT molecular complexity index is 489. The third-order valence-electron chi connectivity index (χ3n) is 4.18. The van der Waals surface area contributed by atoms with Crippen molar-refractivity contribution in [3.05, 3.63) is 35.4 Å². The van der Waals surface area contributed by atoms with Crippen LogP contribution >= 0.6 is 0 Å². The second-order valence-corrected chi connectivity index (χ2v) is 5.98. The lowest BCUT2D eigenvalue weighted by Crippen LogP contribution is -2.51. The summed E-state index contributed by atoms with van der Waals surface area (Å²) in [6, 6.07) is 8.38. The molecule has 3 atom stereocenters. The van der Waals surface area contributed by atoms with E-state index in [0.29, 0.717) is 19.7 Å². The van der Waals surface area contributed by atoms with Crippen molar-refractivity contribution in [2.24, 2.45) is 5.92 Å². The summed E-state index contributed by atoms with van der Waals surface area (Å²) in [6.45, 7) is 8.06. The molecule has 1 N–H and O–H groups in total. The fourth-order valence-corrected chi connectivity index (χ4v) is 2.88. The van der Waals surface area contributed by atoms with Crippen molar-refractivity contribution in [2.75, 3.05) is 26.7 Å². The van der Waals surface area contributed by atoms with Gasteiger partial charge in [-0.05, 0) is 32.0 Å². The van der Waals surface area contributed by atoms with Crippen molar-refractivity contribution in [3.8, 4) is 0 Å². The molecule has 1 saturated heterocycles. The van der Waals surface area contributed by atoms with Gasteiger partial charge in [0.05, 0.1) is 19.2 Å². The molecule has 1 aliphatic rings. The SMILES string of the molecule is CNCC(C)C(=O)N1CC(c2ccccc2C)OCC1C. The van der Waals surface area contributed by atoms with Crippen molar-refractivity contribution in [1.82, 2.24) is 10.2 Å². The highest BCUT2D eigenvalue weighted by atomic mass is 16.5. The Kier molecular flexibility index (Phi) is 5.37. The van der Waals surface area contributed by atoms with E-state index in [-0.39, 0.29) is 24.0 Å². The lowest BCUT2D eigenvalue weighted by molar-refractivity contribution is -0.148. The molecule has 1 aromatic rings. The summed E-state index contributed by atoms with van der Waals surface area (Å²) in [5.41, 5.74) is 2.40. The number of carbonyl (C=O) groups excluding carboxylic acids is 1. The number of aryl methyl sites for hydroxylation is 1. The largest absolute Gasteiger partial charge is 0.370 e. The summed E-state index contributed by atoms with van der Waals surface area (Å²) in [5.74, 6) is 0.201. The second kappa shape index (κ2) is 7.05. The number of carbonyl (C=O) groups is 1. The van der Waals surface area contributed by atoms with E-state index in [1.54, 1.807) is 0 Å². The molecule has 4 heteroatoms. The van der Waals surface area contributed by atoms with Crippen molar-refractivity contribution in [3.63, 3.8) is 0 Å². The van der Waals surface area contributed by atoms with E-state index in [0.717, 1.165) is 0 Å². The Morgan fingerprint density at radius 3 is 2.86 bits per heavy atom. The fraction of sp³-hybridized carbons (Fsp3) is 0.588. The van der Waals surface area contributed by atoms with Gasteiger partial charge in [0.25, 0.3) is 0 Å². The first-order valence-electron chi connectivity index (χ1n) is 7.66. The fourth-order valence-electron chi connectivity index (χ4n) is 2.88. The molecule has 116 valence electrons. The van der Waals surface area contributed by atoms with E-state index < -0.39 is 0 Å². The van der Waals surface area contributed by atoms with E-state index in [4.69, 9.17) is 4.74 Å². The molecular weight excluding hydrogens is 264 g/mol. The van der Waals surface area contributed by atoms with Gasteiger partial charge in [-0.1, -0.05) is 31.2 Å². The van der Waals surface area contributed by atoms with E-state index in [9.17, 15) is 4.79 Å². The molecule has 1 fully saturated rings. The molecule has 0 saturated carbocycles. The van der Waals surface area contributed by atoms with Crippen molar-refractivity contribution < 1.29 is 9.53 Å². The maximum Gasteiger partial charge on any atom is 0.227 e. The highest BCUT2D eigenvalue weighted by molar-refractivity contribution is 5.79. The van der Waals surface area contributed by atoms with Crippen LogP contribution < -0.4 is 5.32 Å². The monoisotopic (exact) mass is 290 g/mol. The minimum atomic E-state index is -0.0202.